The molecule has 0 aliphatic rings. The van der Waals surface area contributed by atoms with Gasteiger partial charge in [-0.3, -0.25) is 4.79 Å². The van der Waals surface area contributed by atoms with Crippen LogP contribution in [0, 0.1) is 18.7 Å². The molecule has 27 heavy (non-hydrogen) atoms. The second-order valence-electron chi connectivity index (χ2n) is 6.52. The largest absolute Gasteiger partial charge is 0.483 e. The standard InChI is InChI=1S/C19H23FN2O4S/c1-13(2)11-21-27(24,25)17-7-8-18(14(3)9-17)26-12-19(23)22-16-6-4-5-15(20)10-16/h4-10,13,21H,11-12H2,1-3H3,(H,22,23). The van der Waals surface area contributed by atoms with Crippen LogP contribution in [0.3, 0.4) is 0 Å². The van der Waals surface area contributed by atoms with Crippen molar-refractivity contribution >= 4 is 21.6 Å². The summed E-state index contributed by atoms with van der Waals surface area (Å²) < 4.78 is 45.6. The molecule has 1 amide bonds. The van der Waals surface area contributed by atoms with Gasteiger partial charge in [0.15, 0.2) is 6.61 Å². The van der Waals surface area contributed by atoms with Crippen LogP contribution in [0.5, 0.6) is 5.75 Å². The van der Waals surface area contributed by atoms with Crippen LogP contribution >= 0.6 is 0 Å². The zero-order valence-corrected chi connectivity index (χ0v) is 16.3. The van der Waals surface area contributed by atoms with Crippen molar-refractivity contribution in [3.05, 3.63) is 53.8 Å². The van der Waals surface area contributed by atoms with Crippen molar-refractivity contribution < 1.29 is 22.3 Å². The van der Waals surface area contributed by atoms with Crippen LogP contribution in [-0.4, -0.2) is 27.5 Å². The highest BCUT2D eigenvalue weighted by Gasteiger charge is 2.16. The maximum Gasteiger partial charge on any atom is 0.262 e. The van der Waals surface area contributed by atoms with Crippen LogP contribution < -0.4 is 14.8 Å². The number of halogens is 1. The highest BCUT2D eigenvalue weighted by molar-refractivity contribution is 7.89. The summed E-state index contributed by atoms with van der Waals surface area (Å²) in [7, 11) is -3.59. The molecule has 0 heterocycles. The van der Waals surface area contributed by atoms with Crippen molar-refractivity contribution in [2.24, 2.45) is 5.92 Å². The normalized spacial score (nSPS) is 11.4. The van der Waals surface area contributed by atoms with E-state index in [0.717, 1.165) is 0 Å². The molecule has 0 saturated heterocycles. The van der Waals surface area contributed by atoms with E-state index >= 15 is 0 Å². The molecule has 2 N–H and O–H groups in total. The average Bonchev–Trinajstić information content (AvgIpc) is 2.59. The van der Waals surface area contributed by atoms with E-state index in [1.807, 2.05) is 13.8 Å². The fourth-order valence-corrected chi connectivity index (χ4v) is 3.52. The molecule has 8 heteroatoms. The topological polar surface area (TPSA) is 84.5 Å². The first-order chi connectivity index (χ1) is 12.7. The first-order valence-electron chi connectivity index (χ1n) is 8.46. The van der Waals surface area contributed by atoms with Crippen LogP contribution in [0.1, 0.15) is 19.4 Å². The van der Waals surface area contributed by atoms with Gasteiger partial charge >= 0.3 is 0 Å². The Labute approximate surface area is 158 Å². The van der Waals surface area contributed by atoms with Crippen molar-refractivity contribution in [2.45, 2.75) is 25.7 Å². The minimum atomic E-state index is -3.59. The summed E-state index contributed by atoms with van der Waals surface area (Å²) >= 11 is 0. The number of nitrogens with one attached hydrogen (secondary N) is 2. The monoisotopic (exact) mass is 394 g/mol. The quantitative estimate of drug-likeness (QED) is 0.721. The number of hydrogen-bond donors (Lipinski definition) is 2. The van der Waals surface area contributed by atoms with Crippen molar-refractivity contribution in [3.63, 3.8) is 0 Å². The third-order valence-electron chi connectivity index (χ3n) is 3.61. The number of ether oxygens (including phenoxy) is 1. The van der Waals surface area contributed by atoms with Crippen LogP contribution in [0.2, 0.25) is 0 Å². The first kappa shape index (κ1) is 20.9. The molecule has 0 atom stereocenters. The van der Waals surface area contributed by atoms with Gasteiger partial charge in [-0.1, -0.05) is 19.9 Å². The van der Waals surface area contributed by atoms with Gasteiger partial charge in [-0.15, -0.1) is 0 Å². The van der Waals surface area contributed by atoms with E-state index in [1.165, 1.54) is 36.4 Å². The summed E-state index contributed by atoms with van der Waals surface area (Å²) in [5, 5.41) is 2.53. The molecule has 0 radical (unpaired) electrons. The zero-order chi connectivity index (χ0) is 20.0. The van der Waals surface area contributed by atoms with Crippen molar-refractivity contribution in [1.82, 2.24) is 4.72 Å². The number of rotatable bonds is 8. The Morgan fingerprint density at radius 2 is 1.93 bits per heavy atom. The van der Waals surface area contributed by atoms with Gasteiger partial charge in [-0.2, -0.15) is 0 Å². The lowest BCUT2D eigenvalue weighted by atomic mass is 10.2. The molecule has 146 valence electrons. The van der Waals surface area contributed by atoms with Gasteiger partial charge in [0, 0.05) is 12.2 Å². The number of amides is 1. The Bertz CT molecular complexity index is 914. The molecule has 0 aromatic heterocycles. The zero-order valence-electron chi connectivity index (χ0n) is 15.5. The van der Waals surface area contributed by atoms with E-state index < -0.39 is 21.7 Å². The van der Waals surface area contributed by atoms with Crippen molar-refractivity contribution in [3.8, 4) is 5.75 Å². The summed E-state index contributed by atoms with van der Waals surface area (Å²) in [6.07, 6.45) is 0. The molecule has 0 unspecified atom stereocenters. The predicted molar refractivity (Wildman–Crippen MR) is 102 cm³/mol. The first-order valence-corrected chi connectivity index (χ1v) is 9.94. The molecular formula is C19H23FN2O4S. The fourth-order valence-electron chi connectivity index (χ4n) is 2.22. The Kier molecular flexibility index (Phi) is 6.92. The molecule has 0 fully saturated rings. The molecule has 2 aromatic carbocycles. The Morgan fingerprint density at radius 1 is 1.19 bits per heavy atom. The van der Waals surface area contributed by atoms with Gasteiger partial charge in [0.1, 0.15) is 11.6 Å². The predicted octanol–water partition coefficient (Wildman–Crippen LogP) is 3.09. The second-order valence-corrected chi connectivity index (χ2v) is 8.29. The number of anilines is 1. The molecule has 0 spiro atoms. The highest BCUT2D eigenvalue weighted by atomic mass is 32.2. The maximum absolute atomic E-state index is 13.1. The van der Waals surface area contributed by atoms with Crippen LogP contribution in [0.4, 0.5) is 10.1 Å². The SMILES string of the molecule is Cc1cc(S(=O)(=O)NCC(C)C)ccc1OCC(=O)Nc1cccc(F)c1. The fraction of sp³-hybridized carbons (Fsp3) is 0.316. The van der Waals surface area contributed by atoms with Gasteiger partial charge in [-0.25, -0.2) is 17.5 Å². The third-order valence-corrected chi connectivity index (χ3v) is 5.03. The maximum atomic E-state index is 13.1. The number of carbonyl (C=O) groups is 1. The van der Waals surface area contributed by atoms with E-state index in [-0.39, 0.29) is 17.4 Å². The number of carbonyl (C=O) groups excluding carboxylic acids is 1. The van der Waals surface area contributed by atoms with E-state index in [9.17, 15) is 17.6 Å². The molecule has 0 aliphatic carbocycles. The average molecular weight is 394 g/mol. The third kappa shape index (κ3) is 6.33. The van der Waals surface area contributed by atoms with Gasteiger partial charge in [-0.05, 0) is 54.8 Å². The lowest BCUT2D eigenvalue weighted by Gasteiger charge is -2.12. The molecule has 0 bridgehead atoms. The van der Waals surface area contributed by atoms with E-state index in [4.69, 9.17) is 4.74 Å². The lowest BCUT2D eigenvalue weighted by Crippen LogP contribution is -2.27. The molecular weight excluding hydrogens is 371 g/mol. The highest BCUT2D eigenvalue weighted by Crippen LogP contribution is 2.22. The van der Waals surface area contributed by atoms with E-state index in [2.05, 4.69) is 10.0 Å². The van der Waals surface area contributed by atoms with Gasteiger partial charge in [0.2, 0.25) is 10.0 Å². The van der Waals surface area contributed by atoms with Gasteiger partial charge in [0.25, 0.3) is 5.91 Å². The molecule has 0 saturated carbocycles. The molecule has 0 aliphatic heterocycles. The number of aryl methyl sites for hydroxylation is 1. The minimum Gasteiger partial charge on any atom is -0.483 e. The number of benzene rings is 2. The number of sulfonamides is 1. The molecule has 6 nitrogen and oxygen atoms in total. The smallest absolute Gasteiger partial charge is 0.262 e. The van der Waals surface area contributed by atoms with Crippen molar-refractivity contribution in [1.29, 1.82) is 0 Å². The summed E-state index contributed by atoms with van der Waals surface area (Å²) in [5.74, 6) is -0.310. The van der Waals surface area contributed by atoms with E-state index in [0.29, 0.717) is 23.5 Å². The molecule has 2 aromatic rings. The van der Waals surface area contributed by atoms with Crippen LogP contribution in [0.15, 0.2) is 47.4 Å². The summed E-state index contributed by atoms with van der Waals surface area (Å²) in [4.78, 5) is 12.1. The summed E-state index contributed by atoms with van der Waals surface area (Å²) in [6.45, 7) is 5.59. The lowest BCUT2D eigenvalue weighted by molar-refractivity contribution is -0.118. The Morgan fingerprint density at radius 3 is 2.56 bits per heavy atom. The van der Waals surface area contributed by atoms with Gasteiger partial charge < -0.3 is 10.1 Å². The summed E-state index contributed by atoms with van der Waals surface area (Å²) in [5.41, 5.74) is 0.916. The molecule has 2 rings (SSSR count). The van der Waals surface area contributed by atoms with Gasteiger partial charge in [0.05, 0.1) is 4.90 Å². The minimum absolute atomic E-state index is 0.136. The second kappa shape index (κ2) is 8.96. The number of hydrogen-bond acceptors (Lipinski definition) is 4. The summed E-state index contributed by atoms with van der Waals surface area (Å²) in [6, 6.07) is 9.96. The Hall–Kier alpha value is -2.45. The van der Waals surface area contributed by atoms with Crippen molar-refractivity contribution in [2.75, 3.05) is 18.5 Å². The Balaban J connectivity index is 1.98. The van der Waals surface area contributed by atoms with Crippen LogP contribution in [0.25, 0.3) is 0 Å². The van der Waals surface area contributed by atoms with E-state index in [1.54, 1.807) is 13.0 Å². The van der Waals surface area contributed by atoms with Crippen LogP contribution in [-0.2, 0) is 14.8 Å².